The van der Waals surface area contributed by atoms with Crippen LogP contribution >= 0.6 is 11.6 Å². The molecule has 118 valence electrons. The normalized spacial score (nSPS) is 20.5. The standard InChI is InChI=1S/C14H15ClN2O5/c1-16-12(18)8-3-2-7(6-9(8)15)17-13(19)10-4-5-11(22-10)14(20)21/h2-3,6,10-11H,4-5H2,1H3,(H,16,18)(H,17,19)(H,20,21)/t10-,11+/m0/s1. The number of amides is 2. The highest BCUT2D eigenvalue weighted by molar-refractivity contribution is 6.34. The van der Waals surface area contributed by atoms with Gasteiger partial charge in [-0.3, -0.25) is 9.59 Å². The molecule has 7 nitrogen and oxygen atoms in total. The van der Waals surface area contributed by atoms with Gasteiger partial charge >= 0.3 is 5.97 Å². The Labute approximate surface area is 131 Å². The van der Waals surface area contributed by atoms with Gasteiger partial charge in [-0.2, -0.15) is 0 Å². The number of ether oxygens (including phenoxy) is 1. The molecule has 1 aromatic rings. The van der Waals surface area contributed by atoms with Crippen LogP contribution in [0.3, 0.4) is 0 Å². The third-order valence-electron chi connectivity index (χ3n) is 3.30. The molecule has 0 bridgehead atoms. The van der Waals surface area contributed by atoms with Gasteiger partial charge in [-0.25, -0.2) is 4.79 Å². The van der Waals surface area contributed by atoms with Crippen LogP contribution in [-0.4, -0.2) is 42.1 Å². The van der Waals surface area contributed by atoms with E-state index in [0.717, 1.165) is 0 Å². The zero-order chi connectivity index (χ0) is 16.3. The summed E-state index contributed by atoms with van der Waals surface area (Å²) in [7, 11) is 1.49. The number of anilines is 1. The smallest absolute Gasteiger partial charge is 0.332 e. The number of benzene rings is 1. The summed E-state index contributed by atoms with van der Waals surface area (Å²) in [6.45, 7) is 0. The molecule has 22 heavy (non-hydrogen) atoms. The molecule has 2 atom stereocenters. The Kier molecular flexibility index (Phi) is 4.99. The second-order valence-corrected chi connectivity index (χ2v) is 5.20. The van der Waals surface area contributed by atoms with Crippen LogP contribution in [-0.2, 0) is 14.3 Å². The molecule has 2 rings (SSSR count). The number of nitrogens with one attached hydrogen (secondary N) is 2. The van der Waals surface area contributed by atoms with E-state index in [4.69, 9.17) is 21.4 Å². The summed E-state index contributed by atoms with van der Waals surface area (Å²) in [6, 6.07) is 4.48. The largest absolute Gasteiger partial charge is 0.479 e. The molecule has 0 radical (unpaired) electrons. The van der Waals surface area contributed by atoms with Crippen LogP contribution in [0.25, 0.3) is 0 Å². The van der Waals surface area contributed by atoms with Crippen LogP contribution in [0.4, 0.5) is 5.69 Å². The Hall–Kier alpha value is -2.12. The van der Waals surface area contributed by atoms with Gasteiger partial charge < -0.3 is 20.5 Å². The quantitative estimate of drug-likeness (QED) is 0.773. The van der Waals surface area contributed by atoms with Gasteiger partial charge in [-0.15, -0.1) is 0 Å². The summed E-state index contributed by atoms with van der Waals surface area (Å²) in [5, 5.41) is 14.1. The van der Waals surface area contributed by atoms with Crippen LogP contribution in [0.2, 0.25) is 5.02 Å². The van der Waals surface area contributed by atoms with E-state index >= 15 is 0 Å². The fraction of sp³-hybridized carbons (Fsp3) is 0.357. The number of carbonyl (C=O) groups excluding carboxylic acids is 2. The van der Waals surface area contributed by atoms with Crippen molar-refractivity contribution in [3.63, 3.8) is 0 Å². The number of hydrogen-bond donors (Lipinski definition) is 3. The van der Waals surface area contributed by atoms with Crippen LogP contribution < -0.4 is 10.6 Å². The van der Waals surface area contributed by atoms with Gasteiger partial charge in [-0.1, -0.05) is 11.6 Å². The maximum atomic E-state index is 12.0. The highest BCUT2D eigenvalue weighted by Crippen LogP contribution is 2.24. The van der Waals surface area contributed by atoms with Crippen LogP contribution in [0, 0.1) is 0 Å². The third-order valence-corrected chi connectivity index (χ3v) is 3.61. The maximum absolute atomic E-state index is 12.0. The summed E-state index contributed by atoms with van der Waals surface area (Å²) in [6.07, 6.45) is -1.12. The molecule has 0 spiro atoms. The number of aliphatic carboxylic acids is 1. The first kappa shape index (κ1) is 16.3. The Balaban J connectivity index is 2.02. The average molecular weight is 327 g/mol. The first-order chi connectivity index (χ1) is 10.4. The lowest BCUT2D eigenvalue weighted by Crippen LogP contribution is -2.30. The van der Waals surface area contributed by atoms with E-state index in [1.54, 1.807) is 0 Å². The number of hydrogen-bond acceptors (Lipinski definition) is 4. The molecule has 2 amide bonds. The molecular weight excluding hydrogens is 312 g/mol. The van der Waals surface area contributed by atoms with Crippen molar-refractivity contribution in [3.05, 3.63) is 28.8 Å². The summed E-state index contributed by atoms with van der Waals surface area (Å²) in [5.41, 5.74) is 0.704. The number of halogens is 1. The molecule has 1 heterocycles. The van der Waals surface area contributed by atoms with Crippen LogP contribution in [0.15, 0.2) is 18.2 Å². The predicted molar refractivity (Wildman–Crippen MR) is 79.0 cm³/mol. The highest BCUT2D eigenvalue weighted by atomic mass is 35.5. The number of carboxylic acid groups (broad SMARTS) is 1. The minimum atomic E-state index is -1.08. The van der Waals surface area contributed by atoms with E-state index in [1.807, 2.05) is 0 Å². The fourth-order valence-corrected chi connectivity index (χ4v) is 2.41. The molecule has 0 unspecified atom stereocenters. The second kappa shape index (κ2) is 6.76. The Morgan fingerprint density at radius 3 is 2.50 bits per heavy atom. The van der Waals surface area contributed by atoms with Gasteiger partial charge in [0.25, 0.3) is 11.8 Å². The van der Waals surface area contributed by atoms with Crippen molar-refractivity contribution in [1.29, 1.82) is 0 Å². The van der Waals surface area contributed by atoms with E-state index in [9.17, 15) is 14.4 Å². The average Bonchev–Trinajstić information content (AvgIpc) is 2.97. The van der Waals surface area contributed by atoms with Crippen molar-refractivity contribution in [1.82, 2.24) is 5.32 Å². The summed E-state index contributed by atoms with van der Waals surface area (Å²) in [5.74, 6) is -1.84. The number of rotatable bonds is 4. The SMILES string of the molecule is CNC(=O)c1ccc(NC(=O)[C@@H]2CC[C@H](C(=O)O)O2)cc1Cl. The highest BCUT2D eigenvalue weighted by Gasteiger charge is 2.34. The van der Waals surface area contributed by atoms with Gasteiger partial charge in [0.05, 0.1) is 10.6 Å². The van der Waals surface area contributed by atoms with E-state index in [2.05, 4.69) is 10.6 Å². The van der Waals surface area contributed by atoms with Crippen molar-refractivity contribution in [2.45, 2.75) is 25.0 Å². The first-order valence-electron chi connectivity index (χ1n) is 6.63. The molecule has 1 aliphatic rings. The van der Waals surface area contributed by atoms with Gasteiger partial charge in [0, 0.05) is 12.7 Å². The van der Waals surface area contributed by atoms with Gasteiger partial charge in [-0.05, 0) is 31.0 Å². The van der Waals surface area contributed by atoms with Crippen LogP contribution in [0.1, 0.15) is 23.2 Å². The van der Waals surface area contributed by atoms with Crippen molar-refractivity contribution in [2.24, 2.45) is 0 Å². The topological polar surface area (TPSA) is 105 Å². The molecule has 8 heteroatoms. The lowest BCUT2D eigenvalue weighted by Gasteiger charge is -2.12. The molecule has 0 aliphatic carbocycles. The summed E-state index contributed by atoms with van der Waals surface area (Å²) in [4.78, 5) is 34.3. The minimum Gasteiger partial charge on any atom is -0.479 e. The van der Waals surface area contributed by atoms with Gasteiger partial charge in [0.1, 0.15) is 6.10 Å². The van der Waals surface area contributed by atoms with Crippen molar-refractivity contribution < 1.29 is 24.2 Å². The van der Waals surface area contributed by atoms with Crippen molar-refractivity contribution in [2.75, 3.05) is 12.4 Å². The van der Waals surface area contributed by atoms with Gasteiger partial charge in [0.2, 0.25) is 0 Å². The molecule has 1 saturated heterocycles. The molecule has 1 aliphatic heterocycles. The van der Waals surface area contributed by atoms with Crippen LogP contribution in [0.5, 0.6) is 0 Å². The van der Waals surface area contributed by atoms with Crippen molar-refractivity contribution in [3.8, 4) is 0 Å². The van der Waals surface area contributed by atoms with E-state index in [0.29, 0.717) is 24.1 Å². The molecular formula is C14H15ClN2O5. The fourth-order valence-electron chi connectivity index (χ4n) is 2.15. The lowest BCUT2D eigenvalue weighted by molar-refractivity contribution is -0.150. The Morgan fingerprint density at radius 2 is 1.95 bits per heavy atom. The lowest BCUT2D eigenvalue weighted by atomic mass is 10.1. The van der Waals surface area contributed by atoms with E-state index in [-0.39, 0.29) is 10.9 Å². The minimum absolute atomic E-state index is 0.202. The van der Waals surface area contributed by atoms with E-state index < -0.39 is 24.1 Å². The maximum Gasteiger partial charge on any atom is 0.332 e. The summed E-state index contributed by atoms with van der Waals surface area (Å²) < 4.78 is 5.16. The Morgan fingerprint density at radius 1 is 1.27 bits per heavy atom. The Bertz CT molecular complexity index is 619. The molecule has 1 aromatic carbocycles. The monoisotopic (exact) mass is 326 g/mol. The zero-order valence-electron chi connectivity index (χ0n) is 11.8. The zero-order valence-corrected chi connectivity index (χ0v) is 12.5. The first-order valence-corrected chi connectivity index (χ1v) is 7.01. The third kappa shape index (κ3) is 3.55. The second-order valence-electron chi connectivity index (χ2n) is 4.79. The molecule has 0 saturated carbocycles. The number of carbonyl (C=O) groups is 3. The van der Waals surface area contributed by atoms with E-state index in [1.165, 1.54) is 25.2 Å². The number of carboxylic acids is 1. The van der Waals surface area contributed by atoms with Gasteiger partial charge in [0.15, 0.2) is 6.10 Å². The molecule has 3 N–H and O–H groups in total. The molecule has 1 fully saturated rings. The molecule has 0 aromatic heterocycles. The van der Waals surface area contributed by atoms with Crippen molar-refractivity contribution >= 4 is 35.1 Å². The summed E-state index contributed by atoms with van der Waals surface area (Å²) >= 11 is 5.99. The predicted octanol–water partition coefficient (Wildman–Crippen LogP) is 1.27.